The SMILES string of the molecule is COc1ccccc1C(C)N(C)Cc1cc2ccccc2[nH]c1=O. The topological polar surface area (TPSA) is 45.3 Å². The van der Waals surface area contributed by atoms with Crippen LogP contribution < -0.4 is 10.3 Å². The molecule has 0 bridgehead atoms. The van der Waals surface area contributed by atoms with Crippen molar-refractivity contribution in [1.82, 2.24) is 9.88 Å². The molecule has 4 nitrogen and oxygen atoms in total. The molecule has 0 saturated carbocycles. The van der Waals surface area contributed by atoms with Gasteiger partial charge in [-0.2, -0.15) is 0 Å². The van der Waals surface area contributed by atoms with Crippen molar-refractivity contribution in [3.63, 3.8) is 0 Å². The zero-order valence-electron chi connectivity index (χ0n) is 14.2. The van der Waals surface area contributed by atoms with E-state index in [1.165, 1.54) is 0 Å². The van der Waals surface area contributed by atoms with E-state index < -0.39 is 0 Å². The Morgan fingerprint density at radius 3 is 2.62 bits per heavy atom. The zero-order chi connectivity index (χ0) is 17.1. The second-order valence-corrected chi connectivity index (χ2v) is 6.04. The van der Waals surface area contributed by atoms with Crippen molar-refractivity contribution in [3.8, 4) is 5.75 Å². The maximum Gasteiger partial charge on any atom is 0.252 e. The van der Waals surface area contributed by atoms with Crippen LogP contribution in [0.25, 0.3) is 10.9 Å². The van der Waals surface area contributed by atoms with Gasteiger partial charge in [0.2, 0.25) is 0 Å². The average Bonchev–Trinajstić information content (AvgIpc) is 2.61. The molecule has 0 aliphatic carbocycles. The van der Waals surface area contributed by atoms with E-state index in [2.05, 4.69) is 22.9 Å². The summed E-state index contributed by atoms with van der Waals surface area (Å²) < 4.78 is 5.45. The molecule has 4 heteroatoms. The molecule has 1 N–H and O–H groups in total. The fraction of sp³-hybridized carbons (Fsp3) is 0.250. The molecule has 0 saturated heterocycles. The van der Waals surface area contributed by atoms with Gasteiger partial charge in [-0.15, -0.1) is 0 Å². The zero-order valence-corrected chi connectivity index (χ0v) is 14.2. The lowest BCUT2D eigenvalue weighted by Crippen LogP contribution is -2.26. The van der Waals surface area contributed by atoms with Crippen LogP contribution in [0.15, 0.2) is 59.4 Å². The summed E-state index contributed by atoms with van der Waals surface area (Å²) in [5.74, 6) is 0.865. The summed E-state index contributed by atoms with van der Waals surface area (Å²) in [5, 5.41) is 1.05. The molecule has 3 rings (SSSR count). The Kier molecular flexibility index (Phi) is 4.67. The molecule has 1 aromatic heterocycles. The molecule has 3 aromatic rings. The van der Waals surface area contributed by atoms with E-state index in [0.29, 0.717) is 6.54 Å². The molecule has 0 fully saturated rings. The molecular formula is C20H22N2O2. The summed E-state index contributed by atoms with van der Waals surface area (Å²) in [6.07, 6.45) is 0. The minimum absolute atomic E-state index is 0.0345. The third-order valence-corrected chi connectivity index (χ3v) is 4.50. The second-order valence-electron chi connectivity index (χ2n) is 6.04. The van der Waals surface area contributed by atoms with Crippen molar-refractivity contribution in [2.75, 3.05) is 14.2 Å². The molecular weight excluding hydrogens is 300 g/mol. The summed E-state index contributed by atoms with van der Waals surface area (Å²) in [7, 11) is 3.70. The Labute approximate surface area is 141 Å². The summed E-state index contributed by atoms with van der Waals surface area (Å²) in [6, 6.07) is 17.9. The Bertz CT molecular complexity index is 901. The van der Waals surface area contributed by atoms with Crippen LogP contribution in [0.5, 0.6) is 5.75 Å². The van der Waals surface area contributed by atoms with E-state index in [-0.39, 0.29) is 11.6 Å². The van der Waals surface area contributed by atoms with E-state index in [1.807, 2.05) is 55.6 Å². The predicted octanol–water partition coefficient (Wildman–Crippen LogP) is 3.73. The normalized spacial score (nSPS) is 12.5. The van der Waals surface area contributed by atoms with Gasteiger partial charge < -0.3 is 9.72 Å². The molecule has 0 aliphatic heterocycles. The van der Waals surface area contributed by atoms with E-state index in [0.717, 1.165) is 27.8 Å². The Morgan fingerprint density at radius 2 is 1.83 bits per heavy atom. The van der Waals surface area contributed by atoms with Crippen LogP contribution >= 0.6 is 0 Å². The van der Waals surface area contributed by atoms with Gasteiger partial charge in [-0.05, 0) is 37.6 Å². The number of nitrogens with zero attached hydrogens (tertiary/aromatic N) is 1. The highest BCUT2D eigenvalue weighted by molar-refractivity contribution is 5.78. The van der Waals surface area contributed by atoms with Crippen LogP contribution in [0.2, 0.25) is 0 Å². The highest BCUT2D eigenvalue weighted by Gasteiger charge is 2.17. The molecule has 1 atom stereocenters. The Balaban J connectivity index is 1.87. The average molecular weight is 322 g/mol. The lowest BCUT2D eigenvalue weighted by molar-refractivity contribution is 0.246. The van der Waals surface area contributed by atoms with Gasteiger partial charge in [-0.3, -0.25) is 9.69 Å². The number of hydrogen-bond donors (Lipinski definition) is 1. The van der Waals surface area contributed by atoms with Gasteiger partial charge in [0.1, 0.15) is 5.75 Å². The van der Waals surface area contributed by atoms with Gasteiger partial charge in [0.05, 0.1) is 7.11 Å². The summed E-state index contributed by atoms with van der Waals surface area (Å²) in [5.41, 5.74) is 2.71. The number of aromatic amines is 1. The highest BCUT2D eigenvalue weighted by atomic mass is 16.5. The first-order valence-corrected chi connectivity index (χ1v) is 8.04. The van der Waals surface area contributed by atoms with Gasteiger partial charge in [0.15, 0.2) is 0 Å². The number of fused-ring (bicyclic) bond motifs is 1. The summed E-state index contributed by atoms with van der Waals surface area (Å²) in [6.45, 7) is 2.69. The molecule has 124 valence electrons. The number of aromatic nitrogens is 1. The van der Waals surface area contributed by atoms with Crippen LogP contribution in [-0.2, 0) is 6.54 Å². The first kappa shape index (κ1) is 16.3. The van der Waals surface area contributed by atoms with Crippen molar-refractivity contribution >= 4 is 10.9 Å². The summed E-state index contributed by atoms with van der Waals surface area (Å²) in [4.78, 5) is 17.5. The van der Waals surface area contributed by atoms with Crippen molar-refractivity contribution in [1.29, 1.82) is 0 Å². The van der Waals surface area contributed by atoms with Crippen LogP contribution in [0.1, 0.15) is 24.1 Å². The van der Waals surface area contributed by atoms with Crippen molar-refractivity contribution < 1.29 is 4.74 Å². The molecule has 1 unspecified atom stereocenters. The number of rotatable bonds is 5. The molecule has 0 radical (unpaired) electrons. The first-order valence-electron chi connectivity index (χ1n) is 8.04. The van der Waals surface area contributed by atoms with Gasteiger partial charge in [0.25, 0.3) is 5.56 Å². The smallest absolute Gasteiger partial charge is 0.252 e. The number of ether oxygens (including phenoxy) is 1. The number of hydrogen-bond acceptors (Lipinski definition) is 3. The number of methoxy groups -OCH3 is 1. The monoisotopic (exact) mass is 322 g/mol. The lowest BCUT2D eigenvalue weighted by atomic mass is 10.1. The van der Waals surface area contributed by atoms with E-state index >= 15 is 0 Å². The maximum atomic E-state index is 12.3. The lowest BCUT2D eigenvalue weighted by Gasteiger charge is -2.26. The van der Waals surface area contributed by atoms with Crippen LogP contribution in [0, 0.1) is 0 Å². The fourth-order valence-corrected chi connectivity index (χ4v) is 2.96. The Hall–Kier alpha value is -2.59. The van der Waals surface area contributed by atoms with Gasteiger partial charge in [-0.25, -0.2) is 0 Å². The second kappa shape index (κ2) is 6.89. The standard InChI is InChI=1S/C20H22N2O2/c1-14(17-9-5-7-11-19(17)24-3)22(2)13-16-12-15-8-4-6-10-18(15)21-20(16)23/h4-12,14H,13H2,1-3H3,(H,21,23). The van der Waals surface area contributed by atoms with E-state index in [4.69, 9.17) is 4.74 Å². The molecule has 0 spiro atoms. The maximum absolute atomic E-state index is 12.3. The van der Waals surface area contributed by atoms with Crippen LogP contribution in [-0.4, -0.2) is 24.0 Å². The number of pyridine rings is 1. The molecule has 2 aromatic carbocycles. The number of para-hydroxylation sites is 2. The van der Waals surface area contributed by atoms with E-state index in [1.54, 1.807) is 7.11 Å². The van der Waals surface area contributed by atoms with Crippen molar-refractivity contribution in [3.05, 3.63) is 76.1 Å². The van der Waals surface area contributed by atoms with Crippen molar-refractivity contribution in [2.45, 2.75) is 19.5 Å². The molecule has 0 amide bonds. The third kappa shape index (κ3) is 3.19. The number of benzene rings is 2. The molecule has 24 heavy (non-hydrogen) atoms. The Morgan fingerprint density at radius 1 is 1.12 bits per heavy atom. The predicted molar refractivity (Wildman–Crippen MR) is 97.4 cm³/mol. The first-order chi connectivity index (χ1) is 11.6. The number of H-pyrrole nitrogens is 1. The van der Waals surface area contributed by atoms with Crippen LogP contribution in [0.4, 0.5) is 0 Å². The molecule has 0 aliphatic rings. The molecule has 1 heterocycles. The van der Waals surface area contributed by atoms with Gasteiger partial charge >= 0.3 is 0 Å². The van der Waals surface area contributed by atoms with Gasteiger partial charge in [0, 0.05) is 29.2 Å². The largest absolute Gasteiger partial charge is 0.496 e. The highest BCUT2D eigenvalue weighted by Crippen LogP contribution is 2.28. The van der Waals surface area contributed by atoms with Crippen molar-refractivity contribution in [2.24, 2.45) is 0 Å². The minimum atomic E-state index is -0.0345. The van der Waals surface area contributed by atoms with Crippen LogP contribution in [0.3, 0.4) is 0 Å². The third-order valence-electron chi connectivity index (χ3n) is 4.50. The fourth-order valence-electron chi connectivity index (χ4n) is 2.96. The summed E-state index contributed by atoms with van der Waals surface area (Å²) >= 11 is 0. The minimum Gasteiger partial charge on any atom is -0.496 e. The number of nitrogens with one attached hydrogen (secondary N) is 1. The quantitative estimate of drug-likeness (QED) is 0.778. The van der Waals surface area contributed by atoms with E-state index in [9.17, 15) is 4.79 Å². The van der Waals surface area contributed by atoms with Gasteiger partial charge in [-0.1, -0.05) is 36.4 Å².